The molecule has 0 aliphatic heterocycles. The number of hydrogen-bond donors (Lipinski definition) is 2. The lowest BCUT2D eigenvalue weighted by molar-refractivity contribution is 0.618. The number of hydrogen-bond acceptors (Lipinski definition) is 5. The predicted molar refractivity (Wildman–Crippen MR) is 83.9 cm³/mol. The molecular weight excluding hydrogens is 308 g/mol. The number of H-pyrrole nitrogens is 1. The molecule has 3 aromatic heterocycles. The Morgan fingerprint density at radius 3 is 2.95 bits per heavy atom. The summed E-state index contributed by atoms with van der Waals surface area (Å²) in [6.45, 7) is 0.596. The maximum Gasteiger partial charge on any atom is 0.183 e. The molecule has 3 heterocycles. The summed E-state index contributed by atoms with van der Waals surface area (Å²) in [5, 5.41) is 3.49. The Balaban J connectivity index is 1.99. The van der Waals surface area contributed by atoms with Crippen LogP contribution in [-0.4, -0.2) is 38.5 Å². The summed E-state index contributed by atoms with van der Waals surface area (Å²) < 4.78 is 27.1. The molecule has 0 aliphatic carbocycles. The molecule has 0 spiro atoms. The first-order valence-electron chi connectivity index (χ1n) is 6.57. The van der Waals surface area contributed by atoms with Crippen LogP contribution in [0.25, 0.3) is 22.4 Å². The number of thioether (sulfide) groups is 1. The van der Waals surface area contributed by atoms with Crippen molar-refractivity contribution in [3.05, 3.63) is 36.3 Å². The first kappa shape index (κ1) is 14.7. The molecule has 2 N–H and O–H groups in total. The highest BCUT2D eigenvalue weighted by Crippen LogP contribution is 2.26. The third kappa shape index (κ3) is 2.87. The maximum absolute atomic E-state index is 13.7. The smallest absolute Gasteiger partial charge is 0.183 e. The number of fused-ring (bicyclic) bond motifs is 1. The zero-order chi connectivity index (χ0) is 15.5. The molecular formula is C14H13F2N5S. The Morgan fingerprint density at radius 1 is 1.27 bits per heavy atom. The summed E-state index contributed by atoms with van der Waals surface area (Å²) >= 11 is 1.65. The van der Waals surface area contributed by atoms with E-state index in [9.17, 15) is 8.78 Å². The molecule has 0 saturated heterocycles. The molecule has 0 atom stereocenters. The van der Waals surface area contributed by atoms with E-state index in [0.29, 0.717) is 29.0 Å². The van der Waals surface area contributed by atoms with Gasteiger partial charge in [-0.3, -0.25) is 0 Å². The van der Waals surface area contributed by atoms with Gasteiger partial charge in [-0.1, -0.05) is 0 Å². The molecule has 3 aromatic rings. The van der Waals surface area contributed by atoms with Gasteiger partial charge in [0.2, 0.25) is 0 Å². The van der Waals surface area contributed by atoms with E-state index in [1.807, 2.05) is 6.26 Å². The number of anilines is 1. The van der Waals surface area contributed by atoms with E-state index >= 15 is 0 Å². The van der Waals surface area contributed by atoms with Gasteiger partial charge in [0.1, 0.15) is 11.5 Å². The van der Waals surface area contributed by atoms with Crippen LogP contribution in [0.15, 0.2) is 24.7 Å². The largest absolute Gasteiger partial charge is 0.367 e. The van der Waals surface area contributed by atoms with Crippen molar-refractivity contribution in [3.8, 4) is 11.4 Å². The highest BCUT2D eigenvalue weighted by atomic mass is 32.2. The Labute approximate surface area is 129 Å². The molecule has 0 saturated carbocycles. The zero-order valence-corrected chi connectivity index (χ0v) is 12.5. The van der Waals surface area contributed by atoms with E-state index in [4.69, 9.17) is 0 Å². The Bertz CT molecular complexity index is 805. The lowest BCUT2D eigenvalue weighted by atomic mass is 10.2. The van der Waals surface area contributed by atoms with Crippen molar-refractivity contribution in [2.75, 3.05) is 23.9 Å². The van der Waals surface area contributed by atoms with Gasteiger partial charge in [0, 0.05) is 29.4 Å². The minimum absolute atomic E-state index is 0.137. The average Bonchev–Trinajstić information content (AvgIpc) is 2.92. The number of aromatic nitrogens is 4. The molecule has 8 heteroatoms. The van der Waals surface area contributed by atoms with E-state index in [-0.39, 0.29) is 5.82 Å². The minimum Gasteiger partial charge on any atom is -0.367 e. The van der Waals surface area contributed by atoms with Gasteiger partial charge >= 0.3 is 0 Å². The molecule has 0 aliphatic rings. The number of rotatable bonds is 5. The topological polar surface area (TPSA) is 66.5 Å². The molecule has 5 nitrogen and oxygen atoms in total. The van der Waals surface area contributed by atoms with Gasteiger partial charge in [-0.25, -0.2) is 23.7 Å². The second kappa shape index (κ2) is 6.27. The third-order valence-corrected chi connectivity index (χ3v) is 3.69. The van der Waals surface area contributed by atoms with Crippen LogP contribution in [0.2, 0.25) is 0 Å². The SMILES string of the molecule is CSCCNc1nc(-c2c[nH]c3ncc(F)cc23)ncc1F. The molecule has 114 valence electrons. The predicted octanol–water partition coefficient (Wildman–Crippen LogP) is 3.07. The van der Waals surface area contributed by atoms with Crippen LogP contribution in [0.3, 0.4) is 0 Å². The number of nitrogens with one attached hydrogen (secondary N) is 2. The van der Waals surface area contributed by atoms with E-state index < -0.39 is 11.6 Å². The fraction of sp³-hybridized carbons (Fsp3) is 0.214. The monoisotopic (exact) mass is 321 g/mol. The van der Waals surface area contributed by atoms with Crippen LogP contribution in [0.5, 0.6) is 0 Å². The summed E-state index contributed by atoms with van der Waals surface area (Å²) in [6.07, 6.45) is 5.84. The normalized spacial score (nSPS) is 11.0. The Kier molecular flexibility index (Phi) is 4.19. The standard InChI is InChI=1S/C14H13F2N5S/c1-22-3-2-17-14-11(16)7-20-13(21-14)10-6-19-12-9(10)4-8(15)5-18-12/h4-7H,2-3H2,1H3,(H,18,19)(H,17,20,21). The Morgan fingerprint density at radius 2 is 2.14 bits per heavy atom. The molecule has 0 unspecified atom stereocenters. The van der Waals surface area contributed by atoms with Crippen molar-refractivity contribution >= 4 is 28.6 Å². The van der Waals surface area contributed by atoms with Crippen LogP contribution in [0.4, 0.5) is 14.6 Å². The van der Waals surface area contributed by atoms with Gasteiger partial charge in [-0.05, 0) is 12.3 Å². The first-order chi connectivity index (χ1) is 10.7. The van der Waals surface area contributed by atoms with Gasteiger partial charge in [0.05, 0.1) is 12.4 Å². The quantitative estimate of drug-likeness (QED) is 0.707. The summed E-state index contributed by atoms with van der Waals surface area (Å²) in [5.41, 5.74) is 1.11. The van der Waals surface area contributed by atoms with Crippen LogP contribution in [0.1, 0.15) is 0 Å². The van der Waals surface area contributed by atoms with Crippen molar-refractivity contribution in [3.63, 3.8) is 0 Å². The molecule has 3 rings (SSSR count). The highest BCUT2D eigenvalue weighted by Gasteiger charge is 2.13. The fourth-order valence-electron chi connectivity index (χ4n) is 2.06. The van der Waals surface area contributed by atoms with E-state index in [0.717, 1.165) is 18.1 Å². The molecule has 0 fully saturated rings. The lowest BCUT2D eigenvalue weighted by Gasteiger charge is -2.07. The Hall–Kier alpha value is -2.22. The van der Waals surface area contributed by atoms with Crippen molar-refractivity contribution in [2.45, 2.75) is 0 Å². The summed E-state index contributed by atoms with van der Waals surface area (Å²) in [5.74, 6) is 0.313. The number of halogens is 2. The van der Waals surface area contributed by atoms with E-state index in [2.05, 4.69) is 25.3 Å². The number of nitrogens with zero attached hydrogens (tertiary/aromatic N) is 3. The lowest BCUT2D eigenvalue weighted by Crippen LogP contribution is -2.08. The number of aromatic amines is 1. The van der Waals surface area contributed by atoms with Crippen molar-refractivity contribution in [1.29, 1.82) is 0 Å². The molecule has 22 heavy (non-hydrogen) atoms. The van der Waals surface area contributed by atoms with Gasteiger partial charge < -0.3 is 10.3 Å². The van der Waals surface area contributed by atoms with Crippen LogP contribution < -0.4 is 5.32 Å². The van der Waals surface area contributed by atoms with Crippen LogP contribution in [0, 0.1) is 11.6 Å². The maximum atomic E-state index is 13.7. The number of pyridine rings is 1. The van der Waals surface area contributed by atoms with Crippen molar-refractivity contribution < 1.29 is 8.78 Å². The molecule has 0 bridgehead atoms. The third-order valence-electron chi connectivity index (χ3n) is 3.08. The van der Waals surface area contributed by atoms with Crippen LogP contribution >= 0.6 is 11.8 Å². The van der Waals surface area contributed by atoms with Crippen molar-refractivity contribution in [1.82, 2.24) is 19.9 Å². The van der Waals surface area contributed by atoms with Gasteiger partial charge in [0.15, 0.2) is 17.5 Å². The summed E-state index contributed by atoms with van der Waals surface area (Å²) in [4.78, 5) is 15.1. The molecule has 0 aromatic carbocycles. The molecule has 0 radical (unpaired) electrons. The van der Waals surface area contributed by atoms with E-state index in [1.54, 1.807) is 18.0 Å². The minimum atomic E-state index is -0.519. The second-order valence-electron chi connectivity index (χ2n) is 4.56. The van der Waals surface area contributed by atoms with Gasteiger partial charge in [0.25, 0.3) is 0 Å². The second-order valence-corrected chi connectivity index (χ2v) is 5.55. The molecule has 0 amide bonds. The zero-order valence-electron chi connectivity index (χ0n) is 11.7. The fourth-order valence-corrected chi connectivity index (χ4v) is 2.36. The first-order valence-corrected chi connectivity index (χ1v) is 7.97. The summed E-state index contributed by atoms with van der Waals surface area (Å²) in [7, 11) is 0. The van der Waals surface area contributed by atoms with Crippen LogP contribution in [-0.2, 0) is 0 Å². The van der Waals surface area contributed by atoms with E-state index in [1.165, 1.54) is 6.07 Å². The summed E-state index contributed by atoms with van der Waals surface area (Å²) in [6, 6.07) is 1.35. The van der Waals surface area contributed by atoms with Gasteiger partial charge in [-0.2, -0.15) is 11.8 Å². The van der Waals surface area contributed by atoms with Crippen molar-refractivity contribution in [2.24, 2.45) is 0 Å². The average molecular weight is 321 g/mol. The van der Waals surface area contributed by atoms with Gasteiger partial charge in [-0.15, -0.1) is 0 Å². The highest BCUT2D eigenvalue weighted by molar-refractivity contribution is 7.98.